The molecule has 4 aliphatic carbocycles. The second-order valence-electron chi connectivity index (χ2n) is 8.37. The Kier molecular flexibility index (Phi) is 3.32. The van der Waals surface area contributed by atoms with Gasteiger partial charge in [0, 0.05) is 10.8 Å². The molecule has 0 saturated heterocycles. The Bertz CT molecular complexity index is 736. The number of alkyl halides is 1. The molecule has 4 heteroatoms. The van der Waals surface area contributed by atoms with Gasteiger partial charge in [0.15, 0.2) is 17.7 Å². The molecule has 4 rings (SSSR count). The number of hydrogen-bond donors (Lipinski definition) is 0. The van der Waals surface area contributed by atoms with Crippen LogP contribution >= 0.6 is 11.6 Å². The number of carbonyl (C=O) groups is 2. The second-order valence-corrected chi connectivity index (χ2v) is 8.75. The van der Waals surface area contributed by atoms with Gasteiger partial charge in [-0.25, -0.2) is 4.39 Å². The van der Waals surface area contributed by atoms with Crippen LogP contribution in [0.5, 0.6) is 0 Å². The zero-order valence-corrected chi connectivity index (χ0v) is 14.8. The van der Waals surface area contributed by atoms with E-state index in [0.717, 1.165) is 17.6 Å². The van der Waals surface area contributed by atoms with Crippen LogP contribution in [0.1, 0.15) is 39.5 Å². The molecule has 0 aromatic rings. The van der Waals surface area contributed by atoms with Crippen molar-refractivity contribution in [3.8, 4) is 0 Å². The molecule has 0 bridgehead atoms. The van der Waals surface area contributed by atoms with Crippen molar-refractivity contribution >= 4 is 23.2 Å². The van der Waals surface area contributed by atoms with E-state index >= 15 is 0 Å². The highest BCUT2D eigenvalue weighted by molar-refractivity contribution is 6.45. The Hall–Kier alpha value is -1.22. The Morgan fingerprint density at radius 1 is 1.29 bits per heavy atom. The van der Waals surface area contributed by atoms with Crippen molar-refractivity contribution in [1.29, 1.82) is 0 Å². The van der Waals surface area contributed by atoms with Crippen LogP contribution in [0.2, 0.25) is 0 Å². The Morgan fingerprint density at radius 3 is 2.71 bits per heavy atom. The van der Waals surface area contributed by atoms with Gasteiger partial charge in [0.1, 0.15) is 0 Å². The molecule has 0 amide bonds. The van der Waals surface area contributed by atoms with Crippen LogP contribution in [-0.4, -0.2) is 17.7 Å². The maximum atomic E-state index is 14.2. The largest absolute Gasteiger partial charge is 0.296 e. The summed E-state index contributed by atoms with van der Waals surface area (Å²) in [6.07, 6.45) is 4.62. The van der Waals surface area contributed by atoms with Crippen molar-refractivity contribution in [3.05, 3.63) is 34.9 Å². The maximum Gasteiger partial charge on any atom is 0.196 e. The number of allylic oxidation sites excluding steroid dienone is 5. The predicted octanol–water partition coefficient (Wildman–Crippen LogP) is 4.54. The average Bonchev–Trinajstić information content (AvgIpc) is 2.77. The highest BCUT2D eigenvalue weighted by Gasteiger charge is 2.62. The van der Waals surface area contributed by atoms with Crippen LogP contribution in [-0.2, 0) is 9.59 Å². The van der Waals surface area contributed by atoms with Crippen LogP contribution in [0.15, 0.2) is 34.9 Å². The van der Waals surface area contributed by atoms with E-state index in [9.17, 15) is 14.0 Å². The summed E-state index contributed by atoms with van der Waals surface area (Å²) in [6, 6.07) is 0. The molecule has 6 atom stereocenters. The van der Waals surface area contributed by atoms with Crippen LogP contribution in [0, 0.1) is 28.6 Å². The molecule has 0 aliphatic heterocycles. The monoisotopic (exact) mass is 348 g/mol. The van der Waals surface area contributed by atoms with Gasteiger partial charge in [-0.1, -0.05) is 43.7 Å². The molecule has 3 saturated carbocycles. The lowest BCUT2D eigenvalue weighted by molar-refractivity contribution is -0.133. The summed E-state index contributed by atoms with van der Waals surface area (Å²) >= 11 is 6.34. The number of Topliss-reactive ketones (excluding diaryl/α,β-unsaturated/α-hetero) is 1. The van der Waals surface area contributed by atoms with E-state index in [2.05, 4.69) is 13.5 Å². The number of hydrogen-bond acceptors (Lipinski definition) is 2. The van der Waals surface area contributed by atoms with Gasteiger partial charge in [-0.2, -0.15) is 0 Å². The fraction of sp³-hybridized carbons (Fsp3) is 0.600. The molecule has 0 aromatic heterocycles. The molecule has 0 spiro atoms. The Labute approximate surface area is 146 Å². The maximum absolute atomic E-state index is 14.2. The highest BCUT2D eigenvalue weighted by Crippen LogP contribution is 2.65. The summed E-state index contributed by atoms with van der Waals surface area (Å²) in [5.41, 5.74) is 1.09. The third-order valence-corrected chi connectivity index (χ3v) is 7.74. The summed E-state index contributed by atoms with van der Waals surface area (Å²) in [5.74, 6) is -0.0180. The number of fused-ring (bicyclic) bond motifs is 5. The molecule has 4 aliphatic rings. The van der Waals surface area contributed by atoms with Crippen molar-refractivity contribution in [2.75, 3.05) is 0 Å². The predicted molar refractivity (Wildman–Crippen MR) is 91.2 cm³/mol. The fourth-order valence-electron chi connectivity index (χ4n) is 5.91. The highest BCUT2D eigenvalue weighted by atomic mass is 35.5. The summed E-state index contributed by atoms with van der Waals surface area (Å²) in [7, 11) is 0. The summed E-state index contributed by atoms with van der Waals surface area (Å²) in [5, 5.41) is 0.318. The van der Waals surface area contributed by atoms with Crippen LogP contribution < -0.4 is 0 Å². The molecule has 0 heterocycles. The number of halogens is 2. The van der Waals surface area contributed by atoms with E-state index in [4.69, 9.17) is 11.6 Å². The van der Waals surface area contributed by atoms with Crippen molar-refractivity contribution in [1.82, 2.24) is 0 Å². The first kappa shape index (κ1) is 16.3. The number of carbonyl (C=O) groups excluding carboxylic acids is 2. The molecule has 2 nitrogen and oxygen atoms in total. The lowest BCUT2D eigenvalue weighted by Gasteiger charge is -2.56. The molecule has 0 radical (unpaired) electrons. The smallest absolute Gasteiger partial charge is 0.196 e. The second kappa shape index (κ2) is 4.91. The minimum absolute atomic E-state index is 0.00873. The van der Waals surface area contributed by atoms with E-state index in [-0.39, 0.29) is 34.7 Å². The molecular formula is C20H22ClFO2. The molecule has 128 valence electrons. The minimum atomic E-state index is -1.34. The van der Waals surface area contributed by atoms with Gasteiger partial charge in [-0.05, 0) is 55.1 Å². The van der Waals surface area contributed by atoms with E-state index in [1.54, 1.807) is 6.08 Å². The third kappa shape index (κ3) is 1.82. The summed E-state index contributed by atoms with van der Waals surface area (Å²) < 4.78 is 14.2. The summed E-state index contributed by atoms with van der Waals surface area (Å²) in [4.78, 5) is 24.4. The van der Waals surface area contributed by atoms with Crippen molar-refractivity contribution < 1.29 is 14.0 Å². The van der Waals surface area contributed by atoms with Crippen molar-refractivity contribution in [2.24, 2.45) is 28.6 Å². The first-order valence-corrected chi connectivity index (χ1v) is 9.06. The normalized spacial score (nSPS) is 47.6. The molecule has 0 N–H and O–H groups in total. The Morgan fingerprint density at radius 2 is 2.00 bits per heavy atom. The molecule has 3 fully saturated rings. The van der Waals surface area contributed by atoms with Gasteiger partial charge < -0.3 is 0 Å². The van der Waals surface area contributed by atoms with Gasteiger partial charge >= 0.3 is 0 Å². The van der Waals surface area contributed by atoms with E-state index in [1.807, 2.05) is 13.0 Å². The molecular weight excluding hydrogens is 327 g/mol. The van der Waals surface area contributed by atoms with Crippen molar-refractivity contribution in [3.63, 3.8) is 0 Å². The molecule has 0 aromatic carbocycles. The van der Waals surface area contributed by atoms with Crippen LogP contribution in [0.25, 0.3) is 0 Å². The number of ketones is 2. The average molecular weight is 349 g/mol. The summed E-state index contributed by atoms with van der Waals surface area (Å²) in [6.45, 7) is 8.32. The molecule has 1 unspecified atom stereocenters. The Balaban J connectivity index is 1.81. The van der Waals surface area contributed by atoms with Gasteiger partial charge in [-0.3, -0.25) is 9.59 Å². The van der Waals surface area contributed by atoms with E-state index in [0.29, 0.717) is 24.3 Å². The van der Waals surface area contributed by atoms with Gasteiger partial charge in [0.05, 0.1) is 5.03 Å². The quantitative estimate of drug-likeness (QED) is 0.602. The SMILES string of the molecule is C=C1CC2=C(Cl)C(=O)C=C[C@]2(C)[C@H]2CC[C@]3(C)C(=O)C(F)C[C@H]3[C@H]12. The van der Waals surface area contributed by atoms with Crippen LogP contribution in [0.3, 0.4) is 0 Å². The van der Waals surface area contributed by atoms with Gasteiger partial charge in [0.25, 0.3) is 0 Å². The van der Waals surface area contributed by atoms with E-state index < -0.39 is 11.6 Å². The standard InChI is InChI=1S/C20H22ClFO2/c1-10-8-13-17(21)15(23)5-7-19(13,2)11-4-6-20(3)12(16(10)11)9-14(22)18(20)24/h5,7,11-12,14,16H,1,4,6,8-9H2,2-3H3/t11-,12-,14?,16+,19+,20-/m0/s1. The fourth-order valence-corrected chi connectivity index (χ4v) is 6.24. The third-order valence-electron chi connectivity index (χ3n) is 7.33. The van der Waals surface area contributed by atoms with Gasteiger partial charge in [-0.15, -0.1) is 0 Å². The van der Waals surface area contributed by atoms with Gasteiger partial charge in [0.2, 0.25) is 0 Å². The van der Waals surface area contributed by atoms with E-state index in [1.165, 1.54) is 0 Å². The molecule has 24 heavy (non-hydrogen) atoms. The van der Waals surface area contributed by atoms with Crippen molar-refractivity contribution in [2.45, 2.75) is 45.7 Å². The number of rotatable bonds is 0. The minimum Gasteiger partial charge on any atom is -0.296 e. The first-order chi connectivity index (χ1) is 11.2. The first-order valence-electron chi connectivity index (χ1n) is 8.69. The zero-order valence-electron chi connectivity index (χ0n) is 14.1. The lowest BCUT2D eigenvalue weighted by Crippen LogP contribution is -2.50. The topological polar surface area (TPSA) is 34.1 Å². The lowest BCUT2D eigenvalue weighted by atomic mass is 9.47. The zero-order chi connectivity index (χ0) is 17.4. The van der Waals surface area contributed by atoms with Crippen LogP contribution in [0.4, 0.5) is 4.39 Å².